The zero-order valence-electron chi connectivity index (χ0n) is 14.0. The highest BCUT2D eigenvalue weighted by Crippen LogP contribution is 2.17. The van der Waals surface area contributed by atoms with E-state index in [1.807, 2.05) is 35.9 Å². The lowest BCUT2D eigenvalue weighted by Crippen LogP contribution is -2.36. The van der Waals surface area contributed by atoms with Crippen molar-refractivity contribution in [2.24, 2.45) is 5.92 Å². The summed E-state index contributed by atoms with van der Waals surface area (Å²) >= 11 is 0. The highest BCUT2D eigenvalue weighted by molar-refractivity contribution is 7.88. The van der Waals surface area contributed by atoms with Gasteiger partial charge in [0.05, 0.1) is 17.6 Å². The minimum Gasteiger partial charge on any atom is -0.291 e. The van der Waals surface area contributed by atoms with Gasteiger partial charge in [-0.25, -0.2) is 13.1 Å². The second-order valence-electron chi connectivity index (χ2n) is 6.43. The van der Waals surface area contributed by atoms with Crippen LogP contribution < -0.4 is 4.72 Å². The van der Waals surface area contributed by atoms with Crippen molar-refractivity contribution < 1.29 is 8.42 Å². The van der Waals surface area contributed by atoms with Gasteiger partial charge in [0.1, 0.15) is 0 Å². The topological polar surface area (TPSA) is 80.1 Å². The first-order chi connectivity index (χ1) is 11.4. The molecule has 0 radical (unpaired) electrons. The van der Waals surface area contributed by atoms with Gasteiger partial charge in [-0.2, -0.15) is 5.10 Å². The number of hydrogen-bond acceptors (Lipinski definition) is 5. The predicted octanol–water partition coefficient (Wildman–Crippen LogP) is 0.768. The van der Waals surface area contributed by atoms with E-state index in [2.05, 4.69) is 19.7 Å². The standard InChI is InChI=1S/C16H23N5O2S/c1-13-4-3-5-15(19-13)11-20-9-14(8-18-24(2,22)23)10-21-16(12-20)6-7-17-21/h3-7,14,18H,8-12H2,1-2H3/t14-/m0/s1. The van der Waals surface area contributed by atoms with Gasteiger partial charge in [0, 0.05) is 50.5 Å². The third-order valence-electron chi connectivity index (χ3n) is 4.10. The molecule has 0 saturated carbocycles. The fraction of sp³-hybridized carbons (Fsp3) is 0.500. The van der Waals surface area contributed by atoms with E-state index >= 15 is 0 Å². The molecule has 8 heteroatoms. The third kappa shape index (κ3) is 4.62. The molecule has 2 aromatic heterocycles. The van der Waals surface area contributed by atoms with Gasteiger partial charge in [-0.05, 0) is 25.1 Å². The minimum atomic E-state index is -3.19. The molecule has 1 aliphatic rings. The van der Waals surface area contributed by atoms with Crippen LogP contribution in [0.4, 0.5) is 0 Å². The summed E-state index contributed by atoms with van der Waals surface area (Å²) in [5.41, 5.74) is 3.17. The Morgan fingerprint density at radius 1 is 1.29 bits per heavy atom. The van der Waals surface area contributed by atoms with Gasteiger partial charge in [0.2, 0.25) is 10.0 Å². The maximum Gasteiger partial charge on any atom is 0.208 e. The van der Waals surface area contributed by atoms with Gasteiger partial charge in [0.15, 0.2) is 0 Å². The summed E-state index contributed by atoms with van der Waals surface area (Å²) in [6.07, 6.45) is 2.99. The van der Waals surface area contributed by atoms with E-state index in [1.165, 1.54) is 6.26 Å². The van der Waals surface area contributed by atoms with Crippen molar-refractivity contribution in [3.8, 4) is 0 Å². The Labute approximate surface area is 142 Å². The van der Waals surface area contributed by atoms with Crippen LogP contribution in [-0.4, -0.2) is 47.4 Å². The van der Waals surface area contributed by atoms with E-state index < -0.39 is 10.0 Å². The summed E-state index contributed by atoms with van der Waals surface area (Å²) in [6, 6.07) is 8.05. The summed E-state index contributed by atoms with van der Waals surface area (Å²) in [5.74, 6) is 0.158. The van der Waals surface area contributed by atoms with E-state index in [0.29, 0.717) is 13.1 Å². The number of fused-ring (bicyclic) bond motifs is 1. The molecule has 0 unspecified atom stereocenters. The highest BCUT2D eigenvalue weighted by atomic mass is 32.2. The fourth-order valence-corrected chi connectivity index (χ4v) is 3.59. The number of pyridine rings is 1. The molecule has 3 heterocycles. The van der Waals surface area contributed by atoms with Crippen molar-refractivity contribution in [2.75, 3.05) is 19.3 Å². The normalized spacial score (nSPS) is 19.0. The molecule has 0 aromatic carbocycles. The van der Waals surface area contributed by atoms with Crippen molar-refractivity contribution >= 4 is 10.0 Å². The molecule has 1 N–H and O–H groups in total. The van der Waals surface area contributed by atoms with Gasteiger partial charge in [-0.15, -0.1) is 0 Å². The first-order valence-corrected chi connectivity index (χ1v) is 9.88. The van der Waals surface area contributed by atoms with Gasteiger partial charge >= 0.3 is 0 Å². The molecule has 0 bridgehead atoms. The molecule has 130 valence electrons. The summed E-state index contributed by atoms with van der Waals surface area (Å²) in [5, 5.41) is 4.36. The Bertz CT molecular complexity index is 802. The number of aryl methyl sites for hydroxylation is 1. The Morgan fingerprint density at radius 3 is 2.88 bits per heavy atom. The smallest absolute Gasteiger partial charge is 0.208 e. The Hall–Kier alpha value is -1.77. The molecular formula is C16H23N5O2S. The van der Waals surface area contributed by atoms with Gasteiger partial charge in [-0.3, -0.25) is 14.6 Å². The molecule has 3 rings (SSSR count). The predicted molar refractivity (Wildman–Crippen MR) is 91.7 cm³/mol. The Kier molecular flexibility index (Phi) is 4.98. The zero-order chi connectivity index (χ0) is 17.2. The van der Waals surface area contributed by atoms with Crippen LogP contribution >= 0.6 is 0 Å². The van der Waals surface area contributed by atoms with E-state index in [4.69, 9.17) is 0 Å². The SMILES string of the molecule is Cc1cccc(CN2Cc3ccnn3C[C@@H](CNS(C)(=O)=O)C2)n1. The quantitative estimate of drug-likeness (QED) is 0.862. The molecule has 0 saturated heterocycles. The summed E-state index contributed by atoms with van der Waals surface area (Å²) in [6.45, 7) is 5.42. The van der Waals surface area contributed by atoms with Crippen molar-refractivity contribution in [1.82, 2.24) is 24.4 Å². The van der Waals surface area contributed by atoms with Crippen LogP contribution in [0.2, 0.25) is 0 Å². The largest absolute Gasteiger partial charge is 0.291 e. The maximum absolute atomic E-state index is 11.4. The second kappa shape index (κ2) is 7.00. The average Bonchev–Trinajstić information content (AvgIpc) is 2.84. The number of nitrogens with one attached hydrogen (secondary N) is 1. The van der Waals surface area contributed by atoms with Crippen molar-refractivity contribution in [3.05, 3.63) is 47.5 Å². The molecular weight excluding hydrogens is 326 g/mol. The average molecular weight is 349 g/mol. The Balaban J connectivity index is 1.76. The van der Waals surface area contributed by atoms with Gasteiger partial charge in [0.25, 0.3) is 0 Å². The van der Waals surface area contributed by atoms with Gasteiger partial charge in [-0.1, -0.05) is 6.07 Å². The summed E-state index contributed by atoms with van der Waals surface area (Å²) in [7, 11) is -3.19. The lowest BCUT2D eigenvalue weighted by Gasteiger charge is -2.23. The van der Waals surface area contributed by atoms with Crippen molar-refractivity contribution in [3.63, 3.8) is 0 Å². The lowest BCUT2D eigenvalue weighted by atomic mass is 10.1. The molecule has 0 fully saturated rings. The number of aromatic nitrogens is 3. The monoisotopic (exact) mass is 349 g/mol. The van der Waals surface area contributed by atoms with E-state index in [-0.39, 0.29) is 5.92 Å². The number of rotatable bonds is 5. The molecule has 0 aliphatic carbocycles. The van der Waals surface area contributed by atoms with E-state index in [1.54, 1.807) is 6.20 Å². The molecule has 0 spiro atoms. The second-order valence-corrected chi connectivity index (χ2v) is 8.26. The van der Waals surface area contributed by atoms with Crippen LogP contribution in [0.15, 0.2) is 30.5 Å². The van der Waals surface area contributed by atoms with Crippen LogP contribution in [0.3, 0.4) is 0 Å². The van der Waals surface area contributed by atoms with Crippen LogP contribution in [-0.2, 0) is 29.7 Å². The van der Waals surface area contributed by atoms with E-state index in [0.717, 1.165) is 36.7 Å². The summed E-state index contributed by atoms with van der Waals surface area (Å²) in [4.78, 5) is 6.88. The number of nitrogens with zero attached hydrogens (tertiary/aromatic N) is 4. The number of sulfonamides is 1. The molecule has 24 heavy (non-hydrogen) atoms. The molecule has 1 atom stereocenters. The third-order valence-corrected chi connectivity index (χ3v) is 4.79. The van der Waals surface area contributed by atoms with Crippen LogP contribution in [0.5, 0.6) is 0 Å². The van der Waals surface area contributed by atoms with Crippen molar-refractivity contribution in [2.45, 2.75) is 26.6 Å². The zero-order valence-corrected chi connectivity index (χ0v) is 14.8. The minimum absolute atomic E-state index is 0.158. The van der Waals surface area contributed by atoms with Gasteiger partial charge < -0.3 is 0 Å². The molecule has 2 aromatic rings. The molecule has 0 amide bonds. The van der Waals surface area contributed by atoms with Crippen molar-refractivity contribution in [1.29, 1.82) is 0 Å². The van der Waals surface area contributed by atoms with Crippen LogP contribution in [0, 0.1) is 12.8 Å². The first kappa shape index (κ1) is 17.1. The first-order valence-electron chi connectivity index (χ1n) is 7.99. The summed E-state index contributed by atoms with van der Waals surface area (Å²) < 4.78 is 27.4. The van der Waals surface area contributed by atoms with Crippen LogP contribution in [0.25, 0.3) is 0 Å². The molecule has 1 aliphatic heterocycles. The van der Waals surface area contributed by atoms with Crippen LogP contribution in [0.1, 0.15) is 17.1 Å². The van der Waals surface area contributed by atoms with E-state index in [9.17, 15) is 8.42 Å². The number of hydrogen-bond donors (Lipinski definition) is 1. The molecule has 7 nitrogen and oxygen atoms in total. The fourth-order valence-electron chi connectivity index (χ4n) is 3.06. The highest BCUT2D eigenvalue weighted by Gasteiger charge is 2.23. The maximum atomic E-state index is 11.4. The Morgan fingerprint density at radius 2 is 2.12 bits per heavy atom. The lowest BCUT2D eigenvalue weighted by molar-refractivity contribution is 0.219.